The summed E-state index contributed by atoms with van der Waals surface area (Å²) >= 11 is 0. The Balaban J connectivity index is 1.61. The van der Waals surface area contributed by atoms with Gasteiger partial charge in [0.15, 0.2) is 5.43 Å². The van der Waals surface area contributed by atoms with Crippen molar-refractivity contribution in [3.8, 4) is 5.75 Å². The van der Waals surface area contributed by atoms with Gasteiger partial charge in [0.2, 0.25) is 5.76 Å². The first-order valence-electron chi connectivity index (χ1n) is 12.7. The molecule has 2 aliphatic rings. The van der Waals surface area contributed by atoms with Crippen molar-refractivity contribution in [1.82, 2.24) is 4.90 Å². The summed E-state index contributed by atoms with van der Waals surface area (Å²) in [7, 11) is 0. The lowest BCUT2D eigenvalue weighted by atomic mass is 9.96. The van der Waals surface area contributed by atoms with Gasteiger partial charge in [-0.15, -0.1) is 0 Å². The highest BCUT2D eigenvalue weighted by molar-refractivity contribution is 5.99. The number of rotatable bonds is 8. The average Bonchev–Trinajstić information content (AvgIpc) is 3.44. The molecule has 3 heterocycles. The molecule has 0 bridgehead atoms. The fraction of sp³-hybridized carbons (Fsp3) is 0.448. The molecule has 0 saturated carbocycles. The number of fused-ring (bicyclic) bond motifs is 2. The zero-order chi connectivity index (χ0) is 24.5. The van der Waals surface area contributed by atoms with Gasteiger partial charge in [0.1, 0.15) is 11.3 Å². The van der Waals surface area contributed by atoms with Crippen LogP contribution in [0.25, 0.3) is 11.0 Å². The minimum Gasteiger partial charge on any atom is -0.494 e. The first kappa shape index (κ1) is 23.6. The quantitative estimate of drug-likeness (QED) is 0.391. The van der Waals surface area contributed by atoms with Gasteiger partial charge in [0.05, 0.1) is 29.7 Å². The van der Waals surface area contributed by atoms with Crippen molar-refractivity contribution in [2.45, 2.75) is 65.0 Å². The maximum atomic E-state index is 13.9. The Labute approximate surface area is 205 Å². The maximum Gasteiger partial charge on any atom is 0.291 e. The molecule has 184 valence electrons. The Kier molecular flexibility index (Phi) is 6.65. The van der Waals surface area contributed by atoms with E-state index in [-0.39, 0.29) is 23.2 Å². The Morgan fingerprint density at radius 2 is 1.97 bits per heavy atom. The largest absolute Gasteiger partial charge is 0.494 e. The highest BCUT2D eigenvalue weighted by Crippen LogP contribution is 2.40. The van der Waals surface area contributed by atoms with Crippen LogP contribution in [0.15, 0.2) is 45.6 Å². The van der Waals surface area contributed by atoms with Crippen LogP contribution < -0.4 is 10.2 Å². The summed E-state index contributed by atoms with van der Waals surface area (Å²) in [4.78, 5) is 29.3. The predicted molar refractivity (Wildman–Crippen MR) is 135 cm³/mol. The second-order valence-corrected chi connectivity index (χ2v) is 9.75. The van der Waals surface area contributed by atoms with Crippen LogP contribution in [0.5, 0.6) is 5.75 Å². The number of ether oxygens (including phenoxy) is 2. The van der Waals surface area contributed by atoms with Crippen molar-refractivity contribution in [3.63, 3.8) is 0 Å². The van der Waals surface area contributed by atoms with Gasteiger partial charge < -0.3 is 18.8 Å². The number of hydrogen-bond donors (Lipinski definition) is 0. The molecule has 1 fully saturated rings. The standard InChI is InChI=1S/C29H33NO5/c1-4-5-6-12-33-21-10-7-9-20(16-21)26-25-27(31)24-19(3)14-18(2)15-23(24)35-28(25)29(32)30(26)17-22-11-8-13-34-22/h7,9-10,14-16,22,26H,4-6,8,11-13,17H2,1-3H3. The highest BCUT2D eigenvalue weighted by atomic mass is 16.5. The average molecular weight is 476 g/mol. The molecule has 6 heteroatoms. The van der Waals surface area contributed by atoms with Crippen molar-refractivity contribution < 1.29 is 18.7 Å². The number of carbonyl (C=O) groups is 1. The summed E-state index contributed by atoms with van der Waals surface area (Å²) in [6.07, 6.45) is 5.07. The number of nitrogens with zero attached hydrogens (tertiary/aromatic N) is 1. The molecule has 1 amide bonds. The third-order valence-corrected chi connectivity index (χ3v) is 7.03. The summed E-state index contributed by atoms with van der Waals surface area (Å²) in [6.45, 7) is 7.80. The smallest absolute Gasteiger partial charge is 0.291 e. The van der Waals surface area contributed by atoms with Crippen LogP contribution in [-0.4, -0.2) is 36.7 Å². The lowest BCUT2D eigenvalue weighted by Gasteiger charge is -2.27. The van der Waals surface area contributed by atoms with Crippen LogP contribution in [0.3, 0.4) is 0 Å². The fourth-order valence-electron chi connectivity index (χ4n) is 5.37. The molecule has 2 aliphatic heterocycles. The summed E-state index contributed by atoms with van der Waals surface area (Å²) in [5, 5.41) is 0.540. The van der Waals surface area contributed by atoms with Gasteiger partial charge in [-0.1, -0.05) is 38.0 Å². The minimum absolute atomic E-state index is 0.0438. The first-order valence-corrected chi connectivity index (χ1v) is 12.7. The van der Waals surface area contributed by atoms with Gasteiger partial charge >= 0.3 is 0 Å². The van der Waals surface area contributed by atoms with E-state index in [1.165, 1.54) is 0 Å². The highest BCUT2D eigenvalue weighted by Gasteiger charge is 2.44. The van der Waals surface area contributed by atoms with Crippen molar-refractivity contribution in [3.05, 3.63) is 74.6 Å². The van der Waals surface area contributed by atoms with E-state index in [0.29, 0.717) is 36.3 Å². The zero-order valence-corrected chi connectivity index (χ0v) is 20.8. The Hall–Kier alpha value is -3.12. The SMILES string of the molecule is CCCCCOc1cccc(C2c3c(oc4cc(C)cc(C)c4c3=O)C(=O)N2CC2CCCO2)c1. The molecule has 0 aliphatic carbocycles. The summed E-state index contributed by atoms with van der Waals surface area (Å²) in [5.41, 5.74) is 3.43. The Morgan fingerprint density at radius 1 is 1.11 bits per heavy atom. The number of carbonyl (C=O) groups excluding carboxylic acids is 1. The molecular weight excluding hydrogens is 442 g/mol. The number of benzene rings is 2. The normalized spacial score (nSPS) is 19.5. The number of unbranched alkanes of at least 4 members (excludes halogenated alkanes) is 2. The first-order chi connectivity index (χ1) is 17.0. The maximum absolute atomic E-state index is 13.9. The lowest BCUT2D eigenvalue weighted by Crippen LogP contribution is -2.36. The third-order valence-electron chi connectivity index (χ3n) is 7.03. The topological polar surface area (TPSA) is 69.0 Å². The molecule has 1 aromatic heterocycles. The van der Waals surface area contributed by atoms with Gasteiger partial charge in [0, 0.05) is 13.2 Å². The van der Waals surface area contributed by atoms with E-state index in [9.17, 15) is 9.59 Å². The summed E-state index contributed by atoms with van der Waals surface area (Å²) in [5.74, 6) is 0.631. The molecule has 2 aromatic carbocycles. The van der Waals surface area contributed by atoms with Crippen LogP contribution in [-0.2, 0) is 4.74 Å². The molecule has 5 rings (SSSR count). The van der Waals surface area contributed by atoms with E-state index in [2.05, 4.69) is 6.92 Å². The van der Waals surface area contributed by atoms with E-state index in [1.807, 2.05) is 50.2 Å². The van der Waals surface area contributed by atoms with Gasteiger partial charge in [0.25, 0.3) is 5.91 Å². The third kappa shape index (κ3) is 4.47. The molecule has 35 heavy (non-hydrogen) atoms. The molecule has 6 nitrogen and oxygen atoms in total. The summed E-state index contributed by atoms with van der Waals surface area (Å²) < 4.78 is 18.0. The zero-order valence-electron chi connectivity index (χ0n) is 20.8. The van der Waals surface area contributed by atoms with Crippen molar-refractivity contribution in [2.75, 3.05) is 19.8 Å². The summed E-state index contributed by atoms with van der Waals surface area (Å²) in [6, 6.07) is 11.0. The fourth-order valence-corrected chi connectivity index (χ4v) is 5.37. The van der Waals surface area contributed by atoms with Crippen molar-refractivity contribution in [2.24, 2.45) is 0 Å². The molecule has 2 atom stereocenters. The van der Waals surface area contributed by atoms with E-state index >= 15 is 0 Å². The lowest BCUT2D eigenvalue weighted by molar-refractivity contribution is 0.0486. The Morgan fingerprint density at radius 3 is 2.74 bits per heavy atom. The van der Waals surface area contributed by atoms with Gasteiger partial charge in [-0.2, -0.15) is 0 Å². The molecule has 3 aromatic rings. The van der Waals surface area contributed by atoms with E-state index in [1.54, 1.807) is 4.90 Å². The van der Waals surface area contributed by atoms with Gasteiger partial charge in [-0.25, -0.2) is 0 Å². The molecule has 2 unspecified atom stereocenters. The van der Waals surface area contributed by atoms with Gasteiger partial charge in [-0.05, 0) is 68.0 Å². The number of aryl methyl sites for hydroxylation is 2. The van der Waals surface area contributed by atoms with E-state index < -0.39 is 6.04 Å². The van der Waals surface area contributed by atoms with Crippen LogP contribution in [0.4, 0.5) is 0 Å². The van der Waals surface area contributed by atoms with Crippen molar-refractivity contribution in [1.29, 1.82) is 0 Å². The molecule has 0 radical (unpaired) electrons. The minimum atomic E-state index is -0.540. The second-order valence-electron chi connectivity index (χ2n) is 9.75. The van der Waals surface area contributed by atoms with E-state index in [4.69, 9.17) is 13.9 Å². The molecular formula is C29H33NO5. The predicted octanol–water partition coefficient (Wildman–Crippen LogP) is 5.70. The van der Waals surface area contributed by atoms with Crippen LogP contribution in [0.2, 0.25) is 0 Å². The Bertz CT molecular complexity index is 1300. The molecule has 1 saturated heterocycles. The van der Waals surface area contributed by atoms with Crippen LogP contribution >= 0.6 is 0 Å². The van der Waals surface area contributed by atoms with Gasteiger partial charge in [-0.3, -0.25) is 9.59 Å². The van der Waals surface area contributed by atoms with E-state index in [0.717, 1.165) is 54.5 Å². The number of hydrogen-bond acceptors (Lipinski definition) is 5. The van der Waals surface area contributed by atoms with Crippen molar-refractivity contribution >= 4 is 16.9 Å². The van der Waals surface area contributed by atoms with Crippen LogP contribution in [0.1, 0.15) is 77.9 Å². The monoisotopic (exact) mass is 475 g/mol. The second kappa shape index (κ2) is 9.86. The van der Waals surface area contributed by atoms with Crippen LogP contribution in [0, 0.1) is 13.8 Å². The number of amides is 1. The molecule has 0 N–H and O–H groups in total. The molecule has 0 spiro atoms.